The number of allylic oxidation sites excluding steroid dienone is 4. The molecule has 1 atom stereocenters. The molecule has 0 saturated heterocycles. The van der Waals surface area contributed by atoms with Gasteiger partial charge in [0.25, 0.3) is 0 Å². The molecule has 0 amide bonds. The van der Waals surface area contributed by atoms with Crippen LogP contribution in [0.1, 0.15) is 19.8 Å². The second-order valence-electron chi connectivity index (χ2n) is 2.98. The van der Waals surface area contributed by atoms with Gasteiger partial charge < -0.3 is 0 Å². The molecule has 0 aromatic carbocycles. The van der Waals surface area contributed by atoms with Crippen molar-refractivity contribution in [3.05, 3.63) is 22.8 Å². The van der Waals surface area contributed by atoms with Gasteiger partial charge in [-0.05, 0) is 36.5 Å². The molecule has 1 unspecified atom stereocenters. The molecular weight excluding hydrogens is 160 g/mol. The standard InChI is InChI=1S/C9H11ClO/c1-7-4-8(2-3-11)6-9(10)5-7/h2-3,6-7H,4-5H2,1H3/b8-2-. The Balaban J connectivity index is 2.76. The van der Waals surface area contributed by atoms with E-state index in [-0.39, 0.29) is 0 Å². The maximum Gasteiger partial charge on any atom is 0.143 e. The highest BCUT2D eigenvalue weighted by Gasteiger charge is 2.12. The molecule has 1 nitrogen and oxygen atoms in total. The summed E-state index contributed by atoms with van der Waals surface area (Å²) in [5.41, 5.74) is 1.05. The van der Waals surface area contributed by atoms with Crippen LogP contribution in [0.2, 0.25) is 0 Å². The molecular formula is C9H11ClO. The Hall–Kier alpha value is -0.560. The van der Waals surface area contributed by atoms with E-state index in [9.17, 15) is 4.79 Å². The Bertz CT molecular complexity index is 216. The van der Waals surface area contributed by atoms with Crippen LogP contribution < -0.4 is 0 Å². The van der Waals surface area contributed by atoms with E-state index in [1.807, 2.05) is 6.08 Å². The smallest absolute Gasteiger partial charge is 0.143 e. The number of carbonyl (C=O) groups is 1. The zero-order valence-electron chi connectivity index (χ0n) is 6.51. The predicted molar refractivity (Wildman–Crippen MR) is 46.5 cm³/mol. The molecule has 0 saturated carbocycles. The van der Waals surface area contributed by atoms with Gasteiger partial charge >= 0.3 is 0 Å². The second-order valence-corrected chi connectivity index (χ2v) is 3.47. The minimum Gasteiger partial charge on any atom is -0.299 e. The number of carbonyl (C=O) groups excluding carboxylic acids is 1. The highest BCUT2D eigenvalue weighted by atomic mass is 35.5. The van der Waals surface area contributed by atoms with Crippen molar-refractivity contribution in [2.24, 2.45) is 5.92 Å². The van der Waals surface area contributed by atoms with Crippen molar-refractivity contribution in [1.29, 1.82) is 0 Å². The van der Waals surface area contributed by atoms with E-state index in [1.54, 1.807) is 6.08 Å². The molecule has 1 aliphatic carbocycles. The van der Waals surface area contributed by atoms with Gasteiger partial charge in [-0.15, -0.1) is 0 Å². The summed E-state index contributed by atoms with van der Waals surface area (Å²) < 4.78 is 0. The van der Waals surface area contributed by atoms with Crippen molar-refractivity contribution in [2.75, 3.05) is 0 Å². The lowest BCUT2D eigenvalue weighted by Crippen LogP contribution is -2.02. The van der Waals surface area contributed by atoms with E-state index in [0.29, 0.717) is 5.92 Å². The number of halogens is 1. The predicted octanol–water partition coefficient (Wildman–Crippen LogP) is 2.66. The summed E-state index contributed by atoms with van der Waals surface area (Å²) in [4.78, 5) is 10.1. The maximum atomic E-state index is 10.1. The Kier molecular flexibility index (Phi) is 2.89. The quantitative estimate of drug-likeness (QED) is 0.437. The monoisotopic (exact) mass is 170 g/mol. The summed E-state index contributed by atoms with van der Waals surface area (Å²) in [6.45, 7) is 2.13. The van der Waals surface area contributed by atoms with Crippen molar-refractivity contribution in [2.45, 2.75) is 19.8 Å². The van der Waals surface area contributed by atoms with Crippen LogP contribution in [0.15, 0.2) is 22.8 Å². The van der Waals surface area contributed by atoms with Gasteiger partial charge in [-0.1, -0.05) is 18.5 Å². The lowest BCUT2D eigenvalue weighted by molar-refractivity contribution is -0.104. The lowest BCUT2D eigenvalue weighted by Gasteiger charge is -2.16. The van der Waals surface area contributed by atoms with Crippen molar-refractivity contribution < 1.29 is 4.79 Å². The molecule has 11 heavy (non-hydrogen) atoms. The summed E-state index contributed by atoms with van der Waals surface area (Å²) in [6, 6.07) is 0. The first kappa shape index (κ1) is 8.54. The van der Waals surface area contributed by atoms with Gasteiger partial charge in [0.05, 0.1) is 0 Å². The van der Waals surface area contributed by atoms with E-state index < -0.39 is 0 Å². The van der Waals surface area contributed by atoms with Gasteiger partial charge in [-0.2, -0.15) is 0 Å². The third-order valence-corrected chi connectivity index (χ3v) is 2.02. The number of hydrogen-bond acceptors (Lipinski definition) is 1. The zero-order valence-corrected chi connectivity index (χ0v) is 7.27. The largest absolute Gasteiger partial charge is 0.299 e. The Labute approximate surface area is 71.7 Å². The van der Waals surface area contributed by atoms with E-state index in [4.69, 9.17) is 11.6 Å². The SMILES string of the molecule is CC1CC(Cl)=C/C(=C\C=O)C1. The third-order valence-electron chi connectivity index (χ3n) is 1.75. The summed E-state index contributed by atoms with van der Waals surface area (Å²) in [5.74, 6) is 0.568. The molecule has 0 aromatic heterocycles. The first-order valence-corrected chi connectivity index (χ1v) is 4.10. The van der Waals surface area contributed by atoms with Crippen LogP contribution in [-0.4, -0.2) is 6.29 Å². The molecule has 1 aliphatic rings. The highest BCUT2D eigenvalue weighted by Crippen LogP contribution is 2.28. The first-order chi connectivity index (χ1) is 5.22. The molecule has 0 aliphatic heterocycles. The Morgan fingerprint density at radius 3 is 2.91 bits per heavy atom. The summed E-state index contributed by atoms with van der Waals surface area (Å²) in [6.07, 6.45) is 6.19. The summed E-state index contributed by atoms with van der Waals surface area (Å²) in [7, 11) is 0. The van der Waals surface area contributed by atoms with Crippen molar-refractivity contribution >= 4 is 17.9 Å². The number of rotatable bonds is 1. The van der Waals surface area contributed by atoms with Crippen molar-refractivity contribution in [3.63, 3.8) is 0 Å². The minimum atomic E-state index is 0.568. The van der Waals surface area contributed by atoms with Crippen LogP contribution in [0.25, 0.3) is 0 Å². The van der Waals surface area contributed by atoms with Crippen LogP contribution in [0, 0.1) is 5.92 Å². The minimum absolute atomic E-state index is 0.568. The third kappa shape index (κ3) is 2.51. The summed E-state index contributed by atoms with van der Waals surface area (Å²) >= 11 is 5.85. The van der Waals surface area contributed by atoms with Crippen LogP contribution in [0.3, 0.4) is 0 Å². The van der Waals surface area contributed by atoms with Crippen molar-refractivity contribution in [1.82, 2.24) is 0 Å². The first-order valence-electron chi connectivity index (χ1n) is 3.72. The fraction of sp³-hybridized carbons (Fsp3) is 0.444. The van der Waals surface area contributed by atoms with Gasteiger partial charge in [-0.25, -0.2) is 0 Å². The molecule has 0 heterocycles. The zero-order chi connectivity index (χ0) is 8.27. The Morgan fingerprint density at radius 1 is 1.64 bits per heavy atom. The van der Waals surface area contributed by atoms with Gasteiger partial charge in [-0.3, -0.25) is 4.79 Å². The van der Waals surface area contributed by atoms with Gasteiger partial charge in [0.2, 0.25) is 0 Å². The molecule has 0 aromatic rings. The van der Waals surface area contributed by atoms with E-state index in [1.165, 1.54) is 0 Å². The average molecular weight is 171 g/mol. The van der Waals surface area contributed by atoms with Crippen LogP contribution in [-0.2, 0) is 4.79 Å². The Morgan fingerprint density at radius 2 is 2.36 bits per heavy atom. The number of hydrogen-bond donors (Lipinski definition) is 0. The van der Waals surface area contributed by atoms with Crippen LogP contribution >= 0.6 is 11.6 Å². The van der Waals surface area contributed by atoms with E-state index in [0.717, 1.165) is 29.7 Å². The molecule has 0 radical (unpaired) electrons. The topological polar surface area (TPSA) is 17.1 Å². The molecule has 60 valence electrons. The fourth-order valence-corrected chi connectivity index (χ4v) is 1.73. The average Bonchev–Trinajstić information content (AvgIpc) is 1.85. The summed E-state index contributed by atoms with van der Waals surface area (Å²) in [5, 5.41) is 0.858. The molecule has 2 heteroatoms. The van der Waals surface area contributed by atoms with Crippen LogP contribution in [0.5, 0.6) is 0 Å². The highest BCUT2D eigenvalue weighted by molar-refractivity contribution is 6.29. The molecule has 0 N–H and O–H groups in total. The van der Waals surface area contributed by atoms with Crippen molar-refractivity contribution in [3.8, 4) is 0 Å². The normalized spacial score (nSPS) is 28.4. The van der Waals surface area contributed by atoms with E-state index >= 15 is 0 Å². The van der Waals surface area contributed by atoms with E-state index in [2.05, 4.69) is 6.92 Å². The van der Waals surface area contributed by atoms with Gasteiger partial charge in [0.15, 0.2) is 0 Å². The van der Waals surface area contributed by atoms with Gasteiger partial charge in [0, 0.05) is 5.03 Å². The fourth-order valence-electron chi connectivity index (χ4n) is 1.33. The van der Waals surface area contributed by atoms with Gasteiger partial charge in [0.1, 0.15) is 6.29 Å². The molecule has 0 spiro atoms. The molecule has 0 fully saturated rings. The second kappa shape index (κ2) is 3.72. The molecule has 0 bridgehead atoms. The number of aldehydes is 1. The lowest BCUT2D eigenvalue weighted by atomic mass is 9.92. The van der Waals surface area contributed by atoms with Crippen LogP contribution in [0.4, 0.5) is 0 Å². The molecule has 1 rings (SSSR count). The maximum absolute atomic E-state index is 10.1.